The number of halogens is 1. The number of nitrogens with zero attached hydrogens (tertiary/aromatic N) is 3. The summed E-state index contributed by atoms with van der Waals surface area (Å²) in [7, 11) is 1.63. The Morgan fingerprint density at radius 3 is 2.13 bits per heavy atom. The molecular formula is C31H25FN4O2S. The van der Waals surface area contributed by atoms with Crippen LogP contribution in [-0.4, -0.2) is 21.8 Å². The summed E-state index contributed by atoms with van der Waals surface area (Å²) < 4.78 is 27.0. The van der Waals surface area contributed by atoms with E-state index in [1.807, 2.05) is 79.0 Å². The van der Waals surface area contributed by atoms with E-state index < -0.39 is 0 Å². The topological polar surface area (TPSA) is 51.6 Å². The van der Waals surface area contributed by atoms with Gasteiger partial charge in [-0.2, -0.15) is 0 Å². The second-order valence-corrected chi connectivity index (χ2v) is 9.43. The van der Waals surface area contributed by atoms with Gasteiger partial charge in [-0.1, -0.05) is 6.07 Å². The van der Waals surface area contributed by atoms with Crippen LogP contribution in [-0.2, 0) is 0 Å². The number of benzene rings is 3. The van der Waals surface area contributed by atoms with Gasteiger partial charge in [0.2, 0.25) is 0 Å². The monoisotopic (exact) mass is 536 g/mol. The van der Waals surface area contributed by atoms with Crippen molar-refractivity contribution in [1.29, 1.82) is 0 Å². The molecule has 0 aliphatic carbocycles. The Morgan fingerprint density at radius 2 is 1.46 bits per heavy atom. The first-order valence-electron chi connectivity index (χ1n) is 12.5. The lowest BCUT2D eigenvalue weighted by molar-refractivity contribution is 0.413. The summed E-state index contributed by atoms with van der Waals surface area (Å²) in [5.41, 5.74) is 3.63. The second kappa shape index (κ2) is 10.6. The number of hydrogen-bond donors (Lipinski definition) is 1. The summed E-state index contributed by atoms with van der Waals surface area (Å²) in [4.78, 5) is 6.73. The minimum Gasteiger partial charge on any atom is -0.497 e. The van der Waals surface area contributed by atoms with Crippen molar-refractivity contribution in [2.75, 3.05) is 12.0 Å². The van der Waals surface area contributed by atoms with Crippen LogP contribution in [0.4, 0.5) is 10.1 Å². The van der Waals surface area contributed by atoms with Gasteiger partial charge in [0.1, 0.15) is 29.1 Å². The van der Waals surface area contributed by atoms with E-state index in [4.69, 9.17) is 21.7 Å². The molecule has 2 aromatic heterocycles. The molecular weight excluding hydrogens is 511 g/mol. The Hall–Kier alpha value is -4.69. The summed E-state index contributed by atoms with van der Waals surface area (Å²) >= 11 is 5.87. The molecule has 1 saturated heterocycles. The number of pyridine rings is 1. The Labute approximate surface area is 231 Å². The molecule has 1 aliphatic rings. The molecule has 39 heavy (non-hydrogen) atoms. The molecule has 0 spiro atoms. The van der Waals surface area contributed by atoms with Crippen LogP contribution in [0, 0.1) is 5.82 Å². The number of thiocarbonyl (C=S) groups is 1. The molecule has 1 aliphatic heterocycles. The number of aromatic nitrogens is 2. The van der Waals surface area contributed by atoms with Crippen molar-refractivity contribution in [2.24, 2.45) is 0 Å². The molecule has 1 N–H and O–H groups in total. The molecule has 0 saturated carbocycles. The van der Waals surface area contributed by atoms with Gasteiger partial charge in [0.05, 0.1) is 18.8 Å². The zero-order valence-corrected chi connectivity index (χ0v) is 21.9. The lowest BCUT2D eigenvalue weighted by Crippen LogP contribution is -2.30. The number of ether oxygens (including phenoxy) is 2. The first-order chi connectivity index (χ1) is 19.1. The maximum atomic E-state index is 13.7. The summed E-state index contributed by atoms with van der Waals surface area (Å²) in [5, 5.41) is 4.08. The van der Waals surface area contributed by atoms with Crippen LogP contribution in [0.2, 0.25) is 0 Å². The molecule has 1 fully saturated rings. The molecule has 0 amide bonds. The van der Waals surface area contributed by atoms with Gasteiger partial charge in [-0.3, -0.25) is 4.98 Å². The molecule has 2 atom stereocenters. The van der Waals surface area contributed by atoms with Crippen LogP contribution < -0.4 is 19.7 Å². The van der Waals surface area contributed by atoms with Crippen LogP contribution in [0.25, 0.3) is 5.69 Å². The van der Waals surface area contributed by atoms with Gasteiger partial charge in [-0.05, 0) is 109 Å². The number of methoxy groups -OCH3 is 1. The van der Waals surface area contributed by atoms with Gasteiger partial charge in [-0.15, -0.1) is 0 Å². The summed E-state index contributed by atoms with van der Waals surface area (Å²) in [6, 6.07) is 31.2. The van der Waals surface area contributed by atoms with Crippen molar-refractivity contribution in [3.63, 3.8) is 0 Å². The molecule has 6 rings (SSSR count). The molecule has 3 aromatic carbocycles. The predicted molar refractivity (Wildman–Crippen MR) is 153 cm³/mol. The van der Waals surface area contributed by atoms with Crippen molar-refractivity contribution in [3.05, 3.63) is 133 Å². The molecule has 0 bridgehead atoms. The van der Waals surface area contributed by atoms with E-state index in [0.717, 1.165) is 28.5 Å². The quantitative estimate of drug-likeness (QED) is 0.226. The fraction of sp³-hybridized carbons (Fsp3) is 0.0968. The Bertz CT molecular complexity index is 1570. The molecule has 0 radical (unpaired) electrons. The summed E-state index contributed by atoms with van der Waals surface area (Å²) in [6.45, 7) is 0. The standard InChI is InChI=1S/C31H25FN4O2S/c1-37-24-15-17-26(18-16-24)38-25-13-11-23(12-14-25)36-30(29(34-31(36)39)27-5-2-3-19-33-27)28-6-4-20-35(28)22-9-7-21(32)8-10-22/h2-20,29-30H,1H3,(H,34,39)/t29-,30+/m0/s1. The maximum absolute atomic E-state index is 13.7. The third kappa shape index (κ3) is 4.94. The van der Waals surface area contributed by atoms with E-state index in [9.17, 15) is 4.39 Å². The highest BCUT2D eigenvalue weighted by molar-refractivity contribution is 7.80. The third-order valence-corrected chi connectivity index (χ3v) is 7.01. The van der Waals surface area contributed by atoms with E-state index in [-0.39, 0.29) is 17.9 Å². The minimum absolute atomic E-state index is 0.206. The molecule has 5 aromatic rings. The fourth-order valence-electron chi connectivity index (χ4n) is 4.86. The van der Waals surface area contributed by atoms with Crippen molar-refractivity contribution >= 4 is 23.0 Å². The van der Waals surface area contributed by atoms with Gasteiger partial charge in [0.25, 0.3) is 0 Å². The molecule has 3 heterocycles. The smallest absolute Gasteiger partial charge is 0.174 e. The highest BCUT2D eigenvalue weighted by atomic mass is 32.1. The number of nitrogens with one attached hydrogen (secondary N) is 1. The average Bonchev–Trinajstić information content (AvgIpc) is 3.59. The number of hydrogen-bond acceptors (Lipinski definition) is 4. The van der Waals surface area contributed by atoms with Gasteiger partial charge in [0, 0.05) is 29.5 Å². The maximum Gasteiger partial charge on any atom is 0.174 e. The van der Waals surface area contributed by atoms with Crippen LogP contribution in [0.5, 0.6) is 17.2 Å². The lowest BCUT2D eigenvalue weighted by Gasteiger charge is -2.29. The molecule has 194 valence electrons. The van der Waals surface area contributed by atoms with Crippen LogP contribution in [0.15, 0.2) is 116 Å². The fourth-order valence-corrected chi connectivity index (χ4v) is 5.21. The largest absolute Gasteiger partial charge is 0.497 e. The van der Waals surface area contributed by atoms with Gasteiger partial charge in [-0.25, -0.2) is 4.39 Å². The molecule has 0 unspecified atom stereocenters. The lowest BCUT2D eigenvalue weighted by atomic mass is 10.0. The molecule has 6 nitrogen and oxygen atoms in total. The van der Waals surface area contributed by atoms with E-state index in [2.05, 4.69) is 25.8 Å². The predicted octanol–water partition coefficient (Wildman–Crippen LogP) is 6.99. The van der Waals surface area contributed by atoms with Crippen LogP contribution >= 0.6 is 12.2 Å². The van der Waals surface area contributed by atoms with E-state index in [1.165, 1.54) is 12.1 Å². The van der Waals surface area contributed by atoms with E-state index >= 15 is 0 Å². The van der Waals surface area contributed by atoms with Gasteiger partial charge >= 0.3 is 0 Å². The highest BCUT2D eigenvalue weighted by Crippen LogP contribution is 2.42. The van der Waals surface area contributed by atoms with Crippen molar-refractivity contribution in [2.45, 2.75) is 12.1 Å². The van der Waals surface area contributed by atoms with Crippen molar-refractivity contribution < 1.29 is 13.9 Å². The highest BCUT2D eigenvalue weighted by Gasteiger charge is 2.42. The zero-order chi connectivity index (χ0) is 26.8. The van der Waals surface area contributed by atoms with Crippen LogP contribution in [0.3, 0.4) is 0 Å². The summed E-state index contributed by atoms with van der Waals surface area (Å²) in [5.74, 6) is 1.91. The number of rotatable bonds is 7. The van der Waals surface area contributed by atoms with Crippen molar-refractivity contribution in [1.82, 2.24) is 14.9 Å². The van der Waals surface area contributed by atoms with Gasteiger partial charge < -0.3 is 24.3 Å². The SMILES string of the molecule is COc1ccc(Oc2ccc(N3C(=S)N[C@@H](c4ccccn4)[C@H]3c3cccn3-c3ccc(F)cc3)cc2)cc1. The first-order valence-corrected chi connectivity index (χ1v) is 12.9. The minimum atomic E-state index is -0.277. The van der Waals surface area contributed by atoms with Crippen molar-refractivity contribution in [3.8, 4) is 22.9 Å². The normalized spacial score (nSPS) is 16.7. The first kappa shape index (κ1) is 24.6. The average molecular weight is 537 g/mol. The third-order valence-electron chi connectivity index (χ3n) is 6.70. The molecule has 8 heteroatoms. The Morgan fingerprint density at radius 1 is 0.795 bits per heavy atom. The Balaban J connectivity index is 1.36. The number of anilines is 1. The van der Waals surface area contributed by atoms with Crippen LogP contribution in [0.1, 0.15) is 23.5 Å². The zero-order valence-electron chi connectivity index (χ0n) is 21.1. The van der Waals surface area contributed by atoms with E-state index in [0.29, 0.717) is 16.6 Å². The second-order valence-electron chi connectivity index (χ2n) is 9.05. The Kier molecular flexibility index (Phi) is 6.69. The van der Waals surface area contributed by atoms with Gasteiger partial charge in [0.15, 0.2) is 5.11 Å². The summed E-state index contributed by atoms with van der Waals surface area (Å²) in [6.07, 6.45) is 3.76. The van der Waals surface area contributed by atoms with E-state index in [1.54, 1.807) is 25.4 Å².